The molecule has 0 fully saturated rings. The van der Waals surface area contributed by atoms with Gasteiger partial charge in [0, 0.05) is 26.9 Å². The Hall–Kier alpha value is -3.19. The average molecular weight is 470 g/mol. The van der Waals surface area contributed by atoms with Crippen molar-refractivity contribution in [3.05, 3.63) is 58.1 Å². The number of hydrogen-bond acceptors (Lipinski definition) is 5. The number of aromatic hydroxyl groups is 4. The van der Waals surface area contributed by atoms with E-state index in [1.165, 1.54) is 22.8 Å². The molecule has 1 heterocycles. The second-order valence-corrected chi connectivity index (χ2v) is 9.13. The van der Waals surface area contributed by atoms with Gasteiger partial charge in [0.1, 0.15) is 5.52 Å². The van der Waals surface area contributed by atoms with E-state index in [1.807, 2.05) is 12.1 Å². The second kappa shape index (κ2) is 6.67. The maximum absolute atomic E-state index is 13.5. The number of rotatable bonds is 1. The summed E-state index contributed by atoms with van der Waals surface area (Å²) in [6.45, 7) is 6.22. The van der Waals surface area contributed by atoms with E-state index in [1.54, 1.807) is 12.1 Å². The number of phenolic OH excluding ortho intramolecular Hbond substituents is 4. The van der Waals surface area contributed by atoms with Gasteiger partial charge in [-0.1, -0.05) is 32.9 Å². The molecule has 4 rings (SSSR count). The third-order valence-corrected chi connectivity index (χ3v) is 5.86. The summed E-state index contributed by atoms with van der Waals surface area (Å²) in [7, 11) is 0. The van der Waals surface area contributed by atoms with Gasteiger partial charge in [-0.15, -0.1) is 0 Å². The molecule has 7 heteroatoms. The Morgan fingerprint density at radius 1 is 0.900 bits per heavy atom. The molecule has 0 aliphatic heterocycles. The summed E-state index contributed by atoms with van der Waals surface area (Å²) in [6, 6.07) is 11.0. The zero-order valence-corrected chi connectivity index (χ0v) is 18.1. The summed E-state index contributed by atoms with van der Waals surface area (Å²) >= 11 is 3.36. The van der Waals surface area contributed by atoms with Crippen molar-refractivity contribution >= 4 is 43.6 Å². The van der Waals surface area contributed by atoms with E-state index in [0.29, 0.717) is 20.8 Å². The zero-order valence-electron chi connectivity index (χ0n) is 16.6. The van der Waals surface area contributed by atoms with Crippen LogP contribution in [0.1, 0.15) is 36.7 Å². The van der Waals surface area contributed by atoms with Gasteiger partial charge in [-0.3, -0.25) is 9.36 Å². The van der Waals surface area contributed by atoms with Crippen LogP contribution in [0.4, 0.5) is 0 Å². The van der Waals surface area contributed by atoms with Gasteiger partial charge < -0.3 is 20.4 Å². The predicted octanol–water partition coefficient (Wildman–Crippen LogP) is 5.37. The normalized spacial score (nSPS) is 12.0. The molecule has 0 unspecified atom stereocenters. The van der Waals surface area contributed by atoms with E-state index in [4.69, 9.17) is 0 Å². The van der Waals surface area contributed by atoms with Gasteiger partial charge >= 0.3 is 0 Å². The Morgan fingerprint density at radius 3 is 2.10 bits per heavy atom. The first-order valence-corrected chi connectivity index (χ1v) is 10.1. The number of hydrogen-bond donors (Lipinski definition) is 4. The number of carbonyl (C=O) groups is 1. The molecular weight excluding hydrogens is 450 g/mol. The van der Waals surface area contributed by atoms with E-state index in [0.717, 1.165) is 5.56 Å². The number of carbonyl (C=O) groups excluding carboxylic acids is 1. The third kappa shape index (κ3) is 2.97. The monoisotopic (exact) mass is 469 g/mol. The van der Waals surface area contributed by atoms with Gasteiger partial charge in [-0.2, -0.15) is 0 Å². The molecule has 30 heavy (non-hydrogen) atoms. The fourth-order valence-electron chi connectivity index (χ4n) is 3.61. The lowest BCUT2D eigenvalue weighted by Crippen LogP contribution is -2.14. The number of aromatic nitrogens is 1. The quantitative estimate of drug-likeness (QED) is 0.280. The molecule has 0 aliphatic carbocycles. The van der Waals surface area contributed by atoms with E-state index in [9.17, 15) is 25.2 Å². The molecule has 0 saturated carbocycles. The van der Waals surface area contributed by atoms with Crippen molar-refractivity contribution in [2.24, 2.45) is 0 Å². The van der Waals surface area contributed by atoms with Crippen LogP contribution in [0.2, 0.25) is 0 Å². The van der Waals surface area contributed by atoms with E-state index in [-0.39, 0.29) is 22.2 Å². The maximum atomic E-state index is 13.5. The van der Waals surface area contributed by atoms with E-state index >= 15 is 0 Å². The summed E-state index contributed by atoms with van der Waals surface area (Å²) in [5, 5.41) is 41.6. The smallest absolute Gasteiger partial charge is 0.263 e. The topological polar surface area (TPSA) is 103 Å². The largest absolute Gasteiger partial charge is 0.504 e. The van der Waals surface area contributed by atoms with Crippen LogP contribution in [-0.2, 0) is 5.41 Å². The van der Waals surface area contributed by atoms with Crippen molar-refractivity contribution in [3.8, 4) is 23.0 Å². The highest BCUT2D eigenvalue weighted by Crippen LogP contribution is 2.46. The molecule has 4 N–H and O–H groups in total. The van der Waals surface area contributed by atoms with Gasteiger partial charge in [-0.05, 0) is 51.2 Å². The lowest BCUT2D eigenvalue weighted by atomic mass is 9.86. The number of fused-ring (bicyclic) bond motifs is 3. The zero-order chi connectivity index (χ0) is 22.0. The highest BCUT2D eigenvalue weighted by atomic mass is 79.9. The molecule has 0 bridgehead atoms. The van der Waals surface area contributed by atoms with Crippen LogP contribution >= 0.6 is 15.9 Å². The fourth-order valence-corrected chi connectivity index (χ4v) is 4.23. The molecule has 0 amide bonds. The Balaban J connectivity index is 2.06. The number of phenols is 4. The Labute approximate surface area is 180 Å². The lowest BCUT2D eigenvalue weighted by Gasteiger charge is -2.19. The molecule has 4 aromatic rings. The van der Waals surface area contributed by atoms with Crippen molar-refractivity contribution in [2.75, 3.05) is 0 Å². The first kappa shape index (κ1) is 20.1. The van der Waals surface area contributed by atoms with Crippen LogP contribution in [0.25, 0.3) is 21.8 Å². The molecule has 0 radical (unpaired) electrons. The molecule has 0 spiro atoms. The SMILES string of the molecule is CC(C)(C)c1ccc(C(=O)n2c3cc(O)c(O)cc3c3c(Br)cc(O)c(O)c32)cc1. The van der Waals surface area contributed by atoms with Gasteiger partial charge in [0.25, 0.3) is 5.91 Å². The average Bonchev–Trinajstić information content (AvgIpc) is 3.00. The summed E-state index contributed by atoms with van der Waals surface area (Å²) in [4.78, 5) is 13.5. The van der Waals surface area contributed by atoms with Crippen molar-refractivity contribution < 1.29 is 25.2 Å². The van der Waals surface area contributed by atoms with Crippen molar-refractivity contribution in [1.82, 2.24) is 4.57 Å². The highest BCUT2D eigenvalue weighted by Gasteiger charge is 2.25. The summed E-state index contributed by atoms with van der Waals surface area (Å²) in [6.07, 6.45) is 0. The standard InChI is InChI=1S/C23H20BrNO5/c1-23(2,3)12-6-4-11(5-7-12)22(30)25-15-10-17(27)16(26)8-13(15)19-14(24)9-18(28)21(29)20(19)25/h4-10,26-29H,1-3H3. The molecular formula is C23H20BrNO5. The van der Waals surface area contributed by atoms with Crippen LogP contribution in [-0.4, -0.2) is 30.9 Å². The maximum Gasteiger partial charge on any atom is 0.263 e. The first-order chi connectivity index (χ1) is 14.0. The number of nitrogens with zero attached hydrogens (tertiary/aromatic N) is 1. The van der Waals surface area contributed by atoms with Crippen molar-refractivity contribution in [3.63, 3.8) is 0 Å². The third-order valence-electron chi connectivity index (χ3n) is 5.23. The molecule has 6 nitrogen and oxygen atoms in total. The van der Waals surface area contributed by atoms with Crippen LogP contribution in [0.5, 0.6) is 23.0 Å². The second-order valence-electron chi connectivity index (χ2n) is 8.28. The van der Waals surface area contributed by atoms with Crippen LogP contribution in [0.3, 0.4) is 0 Å². The van der Waals surface area contributed by atoms with E-state index in [2.05, 4.69) is 36.7 Å². The molecule has 154 valence electrons. The lowest BCUT2D eigenvalue weighted by molar-refractivity contribution is 0.0969. The van der Waals surface area contributed by atoms with Crippen LogP contribution < -0.4 is 0 Å². The van der Waals surface area contributed by atoms with Gasteiger partial charge in [-0.25, -0.2) is 0 Å². The molecule has 1 aromatic heterocycles. The Kier molecular flexibility index (Phi) is 4.47. The Morgan fingerprint density at radius 2 is 1.50 bits per heavy atom. The molecule has 0 atom stereocenters. The minimum Gasteiger partial charge on any atom is -0.504 e. The predicted molar refractivity (Wildman–Crippen MR) is 119 cm³/mol. The van der Waals surface area contributed by atoms with E-state index < -0.39 is 23.2 Å². The van der Waals surface area contributed by atoms with Gasteiger partial charge in [0.2, 0.25) is 0 Å². The van der Waals surface area contributed by atoms with Crippen LogP contribution in [0.15, 0.2) is 46.9 Å². The van der Waals surface area contributed by atoms with Crippen LogP contribution in [0, 0.1) is 0 Å². The number of benzene rings is 3. The summed E-state index contributed by atoms with van der Waals surface area (Å²) in [5.41, 5.74) is 1.71. The first-order valence-electron chi connectivity index (χ1n) is 9.26. The Bertz CT molecular complexity index is 1330. The number of halogens is 1. The molecule has 0 saturated heterocycles. The summed E-state index contributed by atoms with van der Waals surface area (Å²) < 4.78 is 1.66. The van der Waals surface area contributed by atoms with Crippen molar-refractivity contribution in [1.29, 1.82) is 0 Å². The molecule has 0 aliphatic rings. The van der Waals surface area contributed by atoms with Gasteiger partial charge in [0.15, 0.2) is 23.0 Å². The van der Waals surface area contributed by atoms with Crippen molar-refractivity contribution in [2.45, 2.75) is 26.2 Å². The minimum absolute atomic E-state index is 0.0757. The fraction of sp³-hybridized carbons (Fsp3) is 0.174. The van der Waals surface area contributed by atoms with Gasteiger partial charge in [0.05, 0.1) is 5.52 Å². The molecule has 3 aromatic carbocycles. The summed E-state index contributed by atoms with van der Waals surface area (Å²) in [5.74, 6) is -2.08. The highest BCUT2D eigenvalue weighted by molar-refractivity contribution is 9.10. The minimum atomic E-state index is -0.469.